The van der Waals surface area contributed by atoms with Gasteiger partial charge in [0, 0.05) is 6.61 Å². The lowest BCUT2D eigenvalue weighted by Gasteiger charge is -2.58. The van der Waals surface area contributed by atoms with Crippen LogP contribution in [0.5, 0.6) is 0 Å². The molecule has 0 bridgehead atoms. The van der Waals surface area contributed by atoms with E-state index in [0.29, 0.717) is 29.1 Å². The van der Waals surface area contributed by atoms with Crippen LogP contribution in [0.2, 0.25) is 0 Å². The maximum atomic E-state index is 10.7. The van der Waals surface area contributed by atoms with E-state index in [2.05, 4.69) is 33.8 Å². The van der Waals surface area contributed by atoms with Crippen LogP contribution in [-0.2, 0) is 0 Å². The highest BCUT2D eigenvalue weighted by molar-refractivity contribution is 5.25. The van der Waals surface area contributed by atoms with Gasteiger partial charge in [0.25, 0.3) is 0 Å². The molecule has 0 radical (unpaired) electrons. The van der Waals surface area contributed by atoms with Crippen LogP contribution in [0.3, 0.4) is 0 Å². The molecule has 0 aromatic rings. The van der Waals surface area contributed by atoms with Crippen LogP contribution < -0.4 is 0 Å². The van der Waals surface area contributed by atoms with Crippen LogP contribution >= 0.6 is 0 Å². The van der Waals surface area contributed by atoms with Gasteiger partial charge in [0.05, 0.1) is 11.2 Å². The molecule has 186 valence electrons. The van der Waals surface area contributed by atoms with Gasteiger partial charge < -0.3 is 15.3 Å². The SMILES string of the molecule is CCC[C@H]([C@H](C)CCC(C)(O)CCO)[C@@]1(C)CC[C@H]2[C@@H](CC=C3C[C@@](C)(O)CC[C@@]32C)C1. The first kappa shape index (κ1) is 26.2. The number of hydrogen-bond donors (Lipinski definition) is 3. The smallest absolute Gasteiger partial charge is 0.0657 e. The molecule has 2 saturated carbocycles. The highest BCUT2D eigenvalue weighted by atomic mass is 16.3. The molecule has 3 nitrogen and oxygen atoms in total. The predicted molar refractivity (Wildman–Crippen MR) is 133 cm³/mol. The first-order valence-electron chi connectivity index (χ1n) is 13.6. The first-order valence-corrected chi connectivity index (χ1v) is 13.6. The van der Waals surface area contributed by atoms with Crippen molar-refractivity contribution < 1.29 is 15.3 Å². The van der Waals surface area contributed by atoms with Gasteiger partial charge in [-0.2, -0.15) is 0 Å². The fraction of sp³-hybridized carbons (Fsp3) is 0.931. The molecule has 32 heavy (non-hydrogen) atoms. The topological polar surface area (TPSA) is 60.7 Å². The van der Waals surface area contributed by atoms with E-state index in [1.807, 2.05) is 13.8 Å². The van der Waals surface area contributed by atoms with Crippen molar-refractivity contribution in [2.24, 2.45) is 34.5 Å². The van der Waals surface area contributed by atoms with Crippen molar-refractivity contribution in [3.63, 3.8) is 0 Å². The van der Waals surface area contributed by atoms with Crippen molar-refractivity contribution in [1.29, 1.82) is 0 Å². The molecule has 3 N–H and O–H groups in total. The second-order valence-corrected chi connectivity index (χ2v) is 13.2. The van der Waals surface area contributed by atoms with E-state index in [1.54, 1.807) is 5.57 Å². The largest absolute Gasteiger partial charge is 0.396 e. The minimum Gasteiger partial charge on any atom is -0.396 e. The number of allylic oxidation sites excluding steroid dienone is 1. The van der Waals surface area contributed by atoms with Crippen LogP contribution in [0, 0.1) is 34.5 Å². The van der Waals surface area contributed by atoms with E-state index >= 15 is 0 Å². The number of fused-ring (bicyclic) bond motifs is 3. The molecule has 0 amide bonds. The minimum atomic E-state index is -0.750. The third-order valence-corrected chi connectivity index (χ3v) is 10.3. The lowest BCUT2D eigenvalue weighted by Crippen LogP contribution is -2.49. The van der Waals surface area contributed by atoms with Crippen LogP contribution in [0.4, 0.5) is 0 Å². The zero-order valence-corrected chi connectivity index (χ0v) is 21.9. The number of rotatable bonds is 9. The lowest BCUT2D eigenvalue weighted by atomic mass is 9.47. The second-order valence-electron chi connectivity index (χ2n) is 13.2. The number of aliphatic hydroxyl groups is 3. The summed E-state index contributed by atoms with van der Waals surface area (Å²) in [6.45, 7) is 13.8. The fourth-order valence-corrected chi connectivity index (χ4v) is 8.14. The summed E-state index contributed by atoms with van der Waals surface area (Å²) in [5.74, 6) is 2.84. The summed E-state index contributed by atoms with van der Waals surface area (Å²) in [6.07, 6.45) is 15.4. The average Bonchev–Trinajstić information content (AvgIpc) is 2.70. The van der Waals surface area contributed by atoms with Gasteiger partial charge >= 0.3 is 0 Å². The van der Waals surface area contributed by atoms with Crippen LogP contribution in [0.15, 0.2) is 11.6 Å². The van der Waals surface area contributed by atoms with Gasteiger partial charge in [0.15, 0.2) is 0 Å². The summed E-state index contributed by atoms with van der Waals surface area (Å²) in [4.78, 5) is 0. The molecule has 0 aliphatic heterocycles. The molecule has 3 aliphatic rings. The summed E-state index contributed by atoms with van der Waals surface area (Å²) in [7, 11) is 0. The van der Waals surface area contributed by atoms with Crippen molar-refractivity contribution in [1.82, 2.24) is 0 Å². The molecular formula is C29H52O3. The molecule has 1 unspecified atom stereocenters. The van der Waals surface area contributed by atoms with Crippen molar-refractivity contribution in [2.45, 2.75) is 130 Å². The molecule has 3 rings (SSSR count). The van der Waals surface area contributed by atoms with E-state index in [0.717, 1.165) is 43.9 Å². The quantitative estimate of drug-likeness (QED) is 0.346. The minimum absolute atomic E-state index is 0.0598. The lowest BCUT2D eigenvalue weighted by molar-refractivity contribution is -0.0565. The Morgan fingerprint density at radius 3 is 2.50 bits per heavy atom. The number of hydrogen-bond acceptors (Lipinski definition) is 3. The third-order valence-electron chi connectivity index (χ3n) is 10.3. The summed E-state index contributed by atoms with van der Waals surface area (Å²) in [5, 5.41) is 30.5. The summed E-state index contributed by atoms with van der Waals surface area (Å²) < 4.78 is 0. The van der Waals surface area contributed by atoms with Gasteiger partial charge in [-0.1, -0.05) is 45.8 Å². The van der Waals surface area contributed by atoms with E-state index in [4.69, 9.17) is 0 Å². The van der Waals surface area contributed by atoms with Gasteiger partial charge in [0.2, 0.25) is 0 Å². The Bertz CT molecular complexity index is 665. The Kier molecular flexibility index (Phi) is 7.95. The van der Waals surface area contributed by atoms with Gasteiger partial charge in [-0.25, -0.2) is 0 Å². The van der Waals surface area contributed by atoms with E-state index < -0.39 is 11.2 Å². The van der Waals surface area contributed by atoms with Gasteiger partial charge in [-0.3, -0.25) is 0 Å². The summed E-state index contributed by atoms with van der Waals surface area (Å²) in [5.41, 5.74) is 0.950. The molecule has 8 atom stereocenters. The molecule has 0 aromatic heterocycles. The van der Waals surface area contributed by atoms with Gasteiger partial charge in [-0.15, -0.1) is 0 Å². The van der Waals surface area contributed by atoms with Crippen LogP contribution in [0.25, 0.3) is 0 Å². The molecule has 0 heterocycles. The highest BCUT2D eigenvalue weighted by Crippen LogP contribution is 2.62. The molecule has 2 fully saturated rings. The third kappa shape index (κ3) is 5.47. The van der Waals surface area contributed by atoms with Crippen molar-refractivity contribution in [2.75, 3.05) is 6.61 Å². The van der Waals surface area contributed by atoms with Crippen molar-refractivity contribution in [3.8, 4) is 0 Å². The van der Waals surface area contributed by atoms with Crippen molar-refractivity contribution in [3.05, 3.63) is 11.6 Å². The Balaban J connectivity index is 1.72. The fourth-order valence-electron chi connectivity index (χ4n) is 8.14. The standard InChI is InChI=1S/C29H52O3/c1-7-8-24(21(2)11-14-27(4,31)17-18-30)26(3)13-12-25-22(19-26)9-10-23-20-28(5,32)15-16-29(23,25)6/h10,21-22,24-25,30-32H,7-9,11-20H2,1-6H3/t21-,22+,24-,25+,26+,27?,28+,29+/m1/s1. The molecule has 3 aliphatic carbocycles. The molecule has 0 spiro atoms. The molecule has 0 saturated heterocycles. The Labute approximate surface area is 198 Å². The Morgan fingerprint density at radius 2 is 1.84 bits per heavy atom. The monoisotopic (exact) mass is 448 g/mol. The van der Waals surface area contributed by atoms with E-state index in [9.17, 15) is 15.3 Å². The van der Waals surface area contributed by atoms with E-state index in [-0.39, 0.29) is 6.61 Å². The van der Waals surface area contributed by atoms with Crippen molar-refractivity contribution >= 4 is 0 Å². The Morgan fingerprint density at radius 1 is 1.12 bits per heavy atom. The van der Waals surface area contributed by atoms with Crippen LogP contribution in [0.1, 0.15) is 119 Å². The summed E-state index contributed by atoms with van der Waals surface area (Å²) in [6, 6.07) is 0. The predicted octanol–water partition coefficient (Wildman–Crippen LogP) is 6.65. The molecule has 0 aromatic carbocycles. The van der Waals surface area contributed by atoms with Gasteiger partial charge in [0.1, 0.15) is 0 Å². The zero-order chi connectivity index (χ0) is 23.8. The van der Waals surface area contributed by atoms with E-state index in [1.165, 1.54) is 38.5 Å². The van der Waals surface area contributed by atoms with Crippen LogP contribution in [-0.4, -0.2) is 33.1 Å². The average molecular weight is 449 g/mol. The zero-order valence-electron chi connectivity index (χ0n) is 21.9. The first-order chi connectivity index (χ1) is 14.9. The van der Waals surface area contributed by atoms with Gasteiger partial charge in [-0.05, 0) is 119 Å². The second kappa shape index (κ2) is 9.70. The highest BCUT2D eigenvalue weighted by Gasteiger charge is 2.53. The molecule has 3 heteroatoms. The Hall–Kier alpha value is -0.380. The normalized spacial score (nSPS) is 41.1. The maximum Gasteiger partial charge on any atom is 0.0657 e. The molecular weight excluding hydrogens is 396 g/mol. The number of aliphatic hydroxyl groups excluding tert-OH is 1. The summed E-state index contributed by atoms with van der Waals surface area (Å²) >= 11 is 0. The maximum absolute atomic E-state index is 10.7.